The van der Waals surface area contributed by atoms with Gasteiger partial charge in [0.1, 0.15) is 39.9 Å². The van der Waals surface area contributed by atoms with Crippen molar-refractivity contribution in [1.82, 2.24) is 0 Å². The molecule has 3 aromatic carbocycles. The molecule has 1 aliphatic heterocycles. The predicted octanol–water partition coefficient (Wildman–Crippen LogP) is 4.10. The lowest BCUT2D eigenvalue weighted by Gasteiger charge is -2.27. The van der Waals surface area contributed by atoms with Crippen LogP contribution in [0.3, 0.4) is 0 Å². The highest BCUT2D eigenvalue weighted by Crippen LogP contribution is 2.48. The van der Waals surface area contributed by atoms with Gasteiger partial charge in [0.25, 0.3) is 0 Å². The Bertz CT molecular complexity index is 1580. The Kier molecular flexibility index (Phi) is 4.87. The Morgan fingerprint density at radius 2 is 1.82 bits per heavy atom. The van der Waals surface area contributed by atoms with Crippen LogP contribution in [-0.4, -0.2) is 17.3 Å². The van der Waals surface area contributed by atoms with Crippen molar-refractivity contribution in [2.24, 2.45) is 5.73 Å². The van der Waals surface area contributed by atoms with Crippen LogP contribution < -0.4 is 20.6 Å². The Morgan fingerprint density at radius 1 is 1.06 bits per heavy atom. The summed E-state index contributed by atoms with van der Waals surface area (Å²) < 4.78 is 17.0. The fraction of sp³-hybridized carbons (Fsp3) is 0.0769. The molecule has 0 bridgehead atoms. The minimum absolute atomic E-state index is 0.0532. The summed E-state index contributed by atoms with van der Waals surface area (Å²) in [5.74, 6) is -0.818. The van der Waals surface area contributed by atoms with Gasteiger partial charge in [-0.2, -0.15) is 5.26 Å². The summed E-state index contributed by atoms with van der Waals surface area (Å²) in [5, 5.41) is 30.9. The molecule has 0 amide bonds. The Labute approximate surface area is 193 Å². The summed E-state index contributed by atoms with van der Waals surface area (Å²) in [6.45, 7) is 0. The smallest absolute Gasteiger partial charge is 0.205 e. The summed E-state index contributed by atoms with van der Waals surface area (Å²) >= 11 is 0. The molecule has 0 radical (unpaired) electrons. The third kappa shape index (κ3) is 3.19. The number of benzene rings is 3. The molecule has 1 aromatic heterocycles. The maximum absolute atomic E-state index is 13.1. The van der Waals surface area contributed by atoms with Gasteiger partial charge < -0.3 is 29.8 Å². The summed E-state index contributed by atoms with van der Waals surface area (Å²) in [6.07, 6.45) is 0. The molecule has 0 saturated heterocycles. The molecule has 1 aliphatic rings. The van der Waals surface area contributed by atoms with Crippen molar-refractivity contribution < 1.29 is 24.1 Å². The number of nitrogens with zero attached hydrogens (tertiary/aromatic N) is 1. The number of hydrogen-bond acceptors (Lipinski definition) is 8. The second-order valence-electron chi connectivity index (χ2n) is 7.71. The third-order valence-electron chi connectivity index (χ3n) is 5.76. The number of phenols is 2. The van der Waals surface area contributed by atoms with Gasteiger partial charge in [0, 0.05) is 17.7 Å². The second-order valence-corrected chi connectivity index (χ2v) is 7.71. The SMILES string of the molecule is COc1ccc(C2C(C#N)=C(N)Oc3cc(O)c4c(=O)cc(-c5ccccc5)oc4c32)cc1O. The average molecular weight is 454 g/mol. The van der Waals surface area contributed by atoms with Gasteiger partial charge in [0.2, 0.25) is 5.88 Å². The van der Waals surface area contributed by atoms with E-state index in [-0.39, 0.29) is 51.2 Å². The van der Waals surface area contributed by atoms with Crippen molar-refractivity contribution in [3.8, 4) is 40.4 Å². The number of nitriles is 1. The van der Waals surface area contributed by atoms with Gasteiger partial charge in [-0.05, 0) is 17.7 Å². The third-order valence-corrected chi connectivity index (χ3v) is 5.76. The molecule has 0 aliphatic carbocycles. The highest BCUT2D eigenvalue weighted by Gasteiger charge is 2.35. The molecule has 5 rings (SSSR count). The van der Waals surface area contributed by atoms with Crippen LogP contribution in [0.5, 0.6) is 23.0 Å². The van der Waals surface area contributed by atoms with Gasteiger partial charge in [0.15, 0.2) is 16.9 Å². The molecule has 0 fully saturated rings. The van der Waals surface area contributed by atoms with E-state index < -0.39 is 11.3 Å². The Morgan fingerprint density at radius 3 is 2.50 bits per heavy atom. The zero-order chi connectivity index (χ0) is 24.0. The number of ether oxygens (including phenoxy) is 2. The summed E-state index contributed by atoms with van der Waals surface area (Å²) in [6, 6.07) is 18.3. The van der Waals surface area contributed by atoms with Crippen molar-refractivity contribution >= 4 is 11.0 Å². The molecule has 8 heteroatoms. The van der Waals surface area contributed by atoms with Crippen LogP contribution in [0.15, 0.2) is 81.3 Å². The summed E-state index contributed by atoms with van der Waals surface area (Å²) in [4.78, 5) is 13.1. The largest absolute Gasteiger partial charge is 0.507 e. The first-order chi connectivity index (χ1) is 16.4. The van der Waals surface area contributed by atoms with Crippen LogP contribution in [0, 0.1) is 11.3 Å². The lowest BCUT2D eigenvalue weighted by atomic mass is 9.82. The van der Waals surface area contributed by atoms with Crippen LogP contribution in [0.4, 0.5) is 0 Å². The molecule has 4 aromatic rings. The van der Waals surface area contributed by atoms with E-state index in [4.69, 9.17) is 19.6 Å². The summed E-state index contributed by atoms with van der Waals surface area (Å²) in [7, 11) is 1.42. The van der Waals surface area contributed by atoms with E-state index in [0.717, 1.165) is 0 Å². The van der Waals surface area contributed by atoms with Gasteiger partial charge in [-0.25, -0.2) is 0 Å². The molecule has 2 heterocycles. The van der Waals surface area contributed by atoms with Gasteiger partial charge in [-0.15, -0.1) is 0 Å². The van der Waals surface area contributed by atoms with E-state index >= 15 is 0 Å². The predicted molar refractivity (Wildman–Crippen MR) is 124 cm³/mol. The molecular weight excluding hydrogens is 436 g/mol. The van der Waals surface area contributed by atoms with Gasteiger partial charge in [-0.1, -0.05) is 36.4 Å². The normalized spacial score (nSPS) is 14.9. The first kappa shape index (κ1) is 21.0. The number of nitrogens with two attached hydrogens (primary N) is 1. The minimum Gasteiger partial charge on any atom is -0.507 e. The van der Waals surface area contributed by atoms with E-state index in [1.165, 1.54) is 25.3 Å². The van der Waals surface area contributed by atoms with Crippen LogP contribution in [-0.2, 0) is 0 Å². The van der Waals surface area contributed by atoms with E-state index in [0.29, 0.717) is 16.7 Å². The minimum atomic E-state index is -0.845. The van der Waals surface area contributed by atoms with Gasteiger partial charge in [0.05, 0.1) is 18.6 Å². The topological polar surface area (TPSA) is 139 Å². The number of phenolic OH excluding ortho intramolecular Hbond substituents is 2. The number of hydrogen-bond donors (Lipinski definition) is 3. The Hall–Kier alpha value is -4.90. The highest BCUT2D eigenvalue weighted by molar-refractivity contribution is 5.91. The first-order valence-electron chi connectivity index (χ1n) is 10.3. The van der Waals surface area contributed by atoms with E-state index in [9.17, 15) is 20.3 Å². The van der Waals surface area contributed by atoms with Crippen molar-refractivity contribution in [2.45, 2.75) is 5.92 Å². The number of aromatic hydroxyl groups is 2. The van der Waals surface area contributed by atoms with E-state index in [1.54, 1.807) is 36.4 Å². The summed E-state index contributed by atoms with van der Waals surface area (Å²) in [5.41, 5.74) is 7.18. The fourth-order valence-electron chi connectivity index (χ4n) is 4.21. The number of allylic oxidation sites excluding steroid dienone is 1. The number of methoxy groups -OCH3 is 1. The van der Waals surface area contributed by atoms with Crippen molar-refractivity contribution in [1.29, 1.82) is 5.26 Å². The monoisotopic (exact) mass is 454 g/mol. The first-order valence-corrected chi connectivity index (χ1v) is 10.3. The van der Waals surface area contributed by atoms with Gasteiger partial charge in [-0.3, -0.25) is 4.79 Å². The Balaban J connectivity index is 1.87. The van der Waals surface area contributed by atoms with Gasteiger partial charge >= 0.3 is 0 Å². The van der Waals surface area contributed by atoms with E-state index in [2.05, 4.69) is 6.07 Å². The maximum atomic E-state index is 13.1. The molecule has 4 N–H and O–H groups in total. The zero-order valence-corrected chi connectivity index (χ0v) is 17.9. The molecule has 1 unspecified atom stereocenters. The molecule has 1 atom stereocenters. The number of fused-ring (bicyclic) bond motifs is 3. The standard InChI is InChI=1S/C26H18N2O6/c1-32-19-8-7-14(9-16(19)29)22-15(12-27)26(28)34-21-11-18(31)23-17(30)10-20(33-25(23)24(21)22)13-5-3-2-4-6-13/h2-11,22,29,31H,28H2,1H3. The van der Waals surface area contributed by atoms with Crippen molar-refractivity contribution in [3.05, 3.63) is 93.5 Å². The lowest BCUT2D eigenvalue weighted by molar-refractivity contribution is 0.372. The maximum Gasteiger partial charge on any atom is 0.205 e. The molecule has 0 saturated carbocycles. The molecule has 34 heavy (non-hydrogen) atoms. The van der Waals surface area contributed by atoms with Crippen LogP contribution >= 0.6 is 0 Å². The van der Waals surface area contributed by atoms with Crippen LogP contribution in [0.2, 0.25) is 0 Å². The highest BCUT2D eigenvalue weighted by atomic mass is 16.5. The van der Waals surface area contributed by atoms with Crippen LogP contribution in [0.1, 0.15) is 17.0 Å². The van der Waals surface area contributed by atoms with Crippen LogP contribution in [0.25, 0.3) is 22.3 Å². The zero-order valence-electron chi connectivity index (χ0n) is 17.9. The average Bonchev–Trinajstić information content (AvgIpc) is 2.83. The quantitative estimate of drug-likeness (QED) is 0.420. The van der Waals surface area contributed by atoms with Crippen molar-refractivity contribution in [2.75, 3.05) is 7.11 Å². The van der Waals surface area contributed by atoms with Crippen molar-refractivity contribution in [3.63, 3.8) is 0 Å². The second kappa shape index (κ2) is 7.90. The molecule has 8 nitrogen and oxygen atoms in total. The molecule has 168 valence electrons. The molecule has 0 spiro atoms. The fourth-order valence-corrected chi connectivity index (χ4v) is 4.21. The number of rotatable bonds is 3. The molecular formula is C26H18N2O6. The van der Waals surface area contributed by atoms with E-state index in [1.807, 2.05) is 6.07 Å². The lowest BCUT2D eigenvalue weighted by Crippen LogP contribution is -2.22.